The van der Waals surface area contributed by atoms with Crippen molar-refractivity contribution in [3.05, 3.63) is 81.9 Å². The Labute approximate surface area is 197 Å². The molecular formula is C25H27N2O7+. The van der Waals surface area contributed by atoms with Crippen LogP contribution in [0.15, 0.2) is 60.7 Å². The van der Waals surface area contributed by atoms with E-state index < -0.39 is 11.0 Å². The molecule has 34 heavy (non-hydrogen) atoms. The molecule has 0 radical (unpaired) electrons. The number of ether oxygens (including phenoxy) is 2. The first-order chi connectivity index (χ1) is 16.3. The van der Waals surface area contributed by atoms with Gasteiger partial charge in [-0.1, -0.05) is 36.4 Å². The number of carbonyl (C=O) groups is 2. The summed E-state index contributed by atoms with van der Waals surface area (Å²) in [5.41, 5.74) is 2.10. The Morgan fingerprint density at radius 1 is 1.09 bits per heavy atom. The highest BCUT2D eigenvalue weighted by Gasteiger charge is 2.26. The van der Waals surface area contributed by atoms with E-state index in [9.17, 15) is 19.7 Å². The minimum absolute atomic E-state index is 0.0510. The molecule has 0 aliphatic carbocycles. The molecule has 0 bridgehead atoms. The lowest BCUT2D eigenvalue weighted by molar-refractivity contribution is -0.763. The van der Waals surface area contributed by atoms with Crippen molar-refractivity contribution in [3.8, 4) is 5.75 Å². The van der Waals surface area contributed by atoms with Crippen LogP contribution in [-0.2, 0) is 25.8 Å². The standard InChI is InChI=1S/C25H27N2O7/c1-18(20-6-7-22-15-24(32-3)11-8-21(22)14-20)25(29)33-13-12-27(2,17-28)23-9-4-19(5-10-23)16-34-26(30)31/h4-11,14-15,17-18H,12-13,16H2,1-3H3/q+1/t18-,27?/m0/s1. The fourth-order valence-corrected chi connectivity index (χ4v) is 3.54. The van der Waals surface area contributed by atoms with Gasteiger partial charge in [0.25, 0.3) is 5.09 Å². The van der Waals surface area contributed by atoms with Crippen molar-refractivity contribution in [1.29, 1.82) is 0 Å². The summed E-state index contributed by atoms with van der Waals surface area (Å²) in [4.78, 5) is 39.2. The maximum absolute atomic E-state index is 12.7. The summed E-state index contributed by atoms with van der Waals surface area (Å²) >= 11 is 0. The zero-order chi connectivity index (χ0) is 24.7. The quantitative estimate of drug-likeness (QED) is 0.138. The van der Waals surface area contributed by atoms with E-state index in [4.69, 9.17) is 9.47 Å². The number of hydrogen-bond donors (Lipinski definition) is 0. The molecule has 0 aliphatic heterocycles. The van der Waals surface area contributed by atoms with Crippen molar-refractivity contribution in [2.75, 3.05) is 27.3 Å². The van der Waals surface area contributed by atoms with Gasteiger partial charge >= 0.3 is 12.4 Å². The number of quaternary nitrogens is 1. The van der Waals surface area contributed by atoms with Gasteiger partial charge in [0.15, 0.2) is 0 Å². The molecule has 1 unspecified atom stereocenters. The fourth-order valence-electron chi connectivity index (χ4n) is 3.54. The van der Waals surface area contributed by atoms with E-state index in [1.54, 1.807) is 45.3 Å². The van der Waals surface area contributed by atoms with Crippen LogP contribution in [0.25, 0.3) is 10.8 Å². The average molecular weight is 467 g/mol. The number of likely N-dealkylation sites (N-methyl/N-ethyl adjacent to an activating group) is 1. The van der Waals surface area contributed by atoms with Crippen molar-refractivity contribution in [3.63, 3.8) is 0 Å². The number of nitrogens with zero attached hydrogens (tertiary/aromatic N) is 2. The van der Waals surface area contributed by atoms with Gasteiger partial charge in [-0.2, -0.15) is 0 Å². The van der Waals surface area contributed by atoms with Gasteiger partial charge in [-0.25, -0.2) is 9.28 Å². The van der Waals surface area contributed by atoms with E-state index >= 15 is 0 Å². The molecule has 9 heteroatoms. The van der Waals surface area contributed by atoms with Crippen LogP contribution in [0.4, 0.5) is 5.69 Å². The van der Waals surface area contributed by atoms with Crippen LogP contribution in [-0.4, -0.2) is 44.8 Å². The zero-order valence-corrected chi connectivity index (χ0v) is 19.3. The Bertz CT molecular complexity index is 1180. The minimum Gasteiger partial charge on any atom is -0.497 e. The number of benzene rings is 3. The third-order valence-electron chi connectivity index (χ3n) is 5.82. The van der Waals surface area contributed by atoms with E-state index in [2.05, 4.69) is 4.84 Å². The van der Waals surface area contributed by atoms with Crippen molar-refractivity contribution < 1.29 is 29.0 Å². The Morgan fingerprint density at radius 2 is 1.76 bits per heavy atom. The molecule has 1 amide bonds. The molecule has 2 atom stereocenters. The van der Waals surface area contributed by atoms with Crippen molar-refractivity contribution in [1.82, 2.24) is 4.48 Å². The van der Waals surface area contributed by atoms with Gasteiger partial charge in [0.05, 0.1) is 20.1 Å². The second-order valence-corrected chi connectivity index (χ2v) is 8.12. The van der Waals surface area contributed by atoms with Gasteiger partial charge in [-0.05, 0) is 53.1 Å². The average Bonchev–Trinajstić information content (AvgIpc) is 2.86. The summed E-state index contributed by atoms with van der Waals surface area (Å²) in [5, 5.41) is 11.5. The molecule has 0 heterocycles. The molecular weight excluding hydrogens is 440 g/mol. The van der Waals surface area contributed by atoms with E-state index in [0.717, 1.165) is 28.5 Å². The number of carbonyl (C=O) groups excluding carboxylic acids is 2. The van der Waals surface area contributed by atoms with Crippen LogP contribution in [0.5, 0.6) is 5.75 Å². The van der Waals surface area contributed by atoms with Gasteiger partial charge in [-0.15, -0.1) is 10.1 Å². The normalized spacial score (nSPS) is 13.5. The molecule has 0 saturated heterocycles. The van der Waals surface area contributed by atoms with Crippen LogP contribution < -0.4 is 9.22 Å². The van der Waals surface area contributed by atoms with Gasteiger partial charge < -0.3 is 14.3 Å². The molecule has 178 valence electrons. The van der Waals surface area contributed by atoms with Gasteiger partial charge in [0, 0.05) is 0 Å². The van der Waals surface area contributed by atoms with E-state index in [1.165, 1.54) is 0 Å². The topological polar surface area (TPSA) is 105 Å². The summed E-state index contributed by atoms with van der Waals surface area (Å²) in [7, 11) is 3.32. The molecule has 0 spiro atoms. The lowest BCUT2D eigenvalue weighted by atomic mass is 9.98. The number of methoxy groups -OCH3 is 1. The lowest BCUT2D eigenvalue weighted by Crippen LogP contribution is -2.46. The van der Waals surface area contributed by atoms with Crippen molar-refractivity contribution >= 4 is 28.8 Å². The Balaban J connectivity index is 1.60. The molecule has 0 fully saturated rings. The second kappa shape index (κ2) is 10.8. The summed E-state index contributed by atoms with van der Waals surface area (Å²) in [5.74, 6) is -0.0800. The Morgan fingerprint density at radius 3 is 2.41 bits per heavy atom. The molecule has 3 aromatic carbocycles. The van der Waals surface area contributed by atoms with Crippen molar-refractivity contribution in [2.45, 2.75) is 19.4 Å². The molecule has 3 aromatic rings. The molecule has 0 aromatic heterocycles. The SMILES string of the molecule is COc1ccc2cc([C@H](C)C(=O)OCC[N+](C)(C=O)c3ccc(CO[N+](=O)[O-])cc3)ccc2c1. The smallest absolute Gasteiger partial charge is 0.313 e. The van der Waals surface area contributed by atoms with Crippen LogP contribution in [0.1, 0.15) is 24.0 Å². The Hall–Kier alpha value is -3.98. The fraction of sp³-hybridized carbons (Fsp3) is 0.280. The number of rotatable bonds is 11. The first-order valence-corrected chi connectivity index (χ1v) is 10.7. The van der Waals surface area contributed by atoms with Crippen LogP contribution in [0, 0.1) is 10.1 Å². The highest BCUT2D eigenvalue weighted by atomic mass is 16.9. The Kier molecular flexibility index (Phi) is 7.80. The largest absolute Gasteiger partial charge is 0.497 e. The first kappa shape index (κ1) is 24.7. The predicted octanol–water partition coefficient (Wildman–Crippen LogP) is 4.00. The lowest BCUT2D eigenvalue weighted by Gasteiger charge is -2.26. The third kappa shape index (κ3) is 5.87. The highest BCUT2D eigenvalue weighted by Crippen LogP contribution is 2.26. The summed E-state index contributed by atoms with van der Waals surface area (Å²) in [6, 6.07) is 18.2. The van der Waals surface area contributed by atoms with Gasteiger partial charge in [0.1, 0.15) is 31.2 Å². The maximum atomic E-state index is 12.7. The number of fused-ring (bicyclic) bond motifs is 1. The highest BCUT2D eigenvalue weighted by molar-refractivity contribution is 5.86. The van der Waals surface area contributed by atoms with Crippen molar-refractivity contribution in [2.24, 2.45) is 0 Å². The molecule has 0 saturated carbocycles. The predicted molar refractivity (Wildman–Crippen MR) is 127 cm³/mol. The zero-order valence-electron chi connectivity index (χ0n) is 19.3. The van der Waals surface area contributed by atoms with Crippen LogP contribution >= 0.6 is 0 Å². The van der Waals surface area contributed by atoms with Gasteiger partial charge in [-0.3, -0.25) is 4.79 Å². The number of hydrogen-bond acceptors (Lipinski definition) is 7. The second-order valence-electron chi connectivity index (χ2n) is 8.12. The maximum Gasteiger partial charge on any atom is 0.313 e. The summed E-state index contributed by atoms with van der Waals surface area (Å²) < 4.78 is 10.6. The third-order valence-corrected chi connectivity index (χ3v) is 5.82. The molecule has 3 rings (SSSR count). The van der Waals surface area contributed by atoms with E-state index in [0.29, 0.717) is 11.3 Å². The first-order valence-electron chi connectivity index (χ1n) is 10.7. The van der Waals surface area contributed by atoms with Crippen LogP contribution in [0.2, 0.25) is 0 Å². The summed E-state index contributed by atoms with van der Waals surface area (Å²) in [6.07, 6.45) is 0.761. The molecule has 0 aliphatic rings. The monoisotopic (exact) mass is 467 g/mol. The number of amides is 1. The van der Waals surface area contributed by atoms with Crippen LogP contribution in [0.3, 0.4) is 0 Å². The molecule has 0 N–H and O–H groups in total. The van der Waals surface area contributed by atoms with E-state index in [-0.39, 0.29) is 30.2 Å². The molecule has 9 nitrogen and oxygen atoms in total. The van der Waals surface area contributed by atoms with Gasteiger partial charge in [0.2, 0.25) is 0 Å². The van der Waals surface area contributed by atoms with E-state index in [1.807, 2.05) is 36.4 Å². The minimum atomic E-state index is -0.857. The number of esters is 1. The summed E-state index contributed by atoms with van der Waals surface area (Å²) in [6.45, 7) is 1.90.